The van der Waals surface area contributed by atoms with Crippen molar-refractivity contribution < 1.29 is 9.15 Å². The molecule has 0 saturated carbocycles. The maximum atomic E-state index is 5.94. The van der Waals surface area contributed by atoms with Crippen LogP contribution < -0.4 is 4.74 Å². The minimum Gasteiger partial charge on any atom is -0.480 e. The van der Waals surface area contributed by atoms with E-state index in [1.54, 1.807) is 13.2 Å². The molecule has 4 rings (SSSR count). The van der Waals surface area contributed by atoms with Crippen LogP contribution in [0.15, 0.2) is 40.8 Å². The van der Waals surface area contributed by atoms with Crippen molar-refractivity contribution in [1.82, 2.24) is 20.1 Å². The molecule has 0 radical (unpaired) electrons. The summed E-state index contributed by atoms with van der Waals surface area (Å²) >= 11 is 0. The van der Waals surface area contributed by atoms with Gasteiger partial charge in [-0.2, -0.15) is 0 Å². The summed E-state index contributed by atoms with van der Waals surface area (Å²) in [4.78, 5) is 7.29. The molecule has 0 spiro atoms. The van der Waals surface area contributed by atoms with Gasteiger partial charge < -0.3 is 14.1 Å². The van der Waals surface area contributed by atoms with E-state index < -0.39 is 0 Å². The number of aryl methyl sites for hydroxylation is 1. The number of oxazole rings is 1. The predicted octanol–water partition coefficient (Wildman–Crippen LogP) is 4.14. The third-order valence-electron chi connectivity index (χ3n) is 5.50. The van der Waals surface area contributed by atoms with Crippen molar-refractivity contribution in [3.8, 4) is 28.6 Å². The molecule has 1 atom stereocenters. The van der Waals surface area contributed by atoms with E-state index in [0.29, 0.717) is 17.8 Å². The second-order valence-electron chi connectivity index (χ2n) is 7.34. The summed E-state index contributed by atoms with van der Waals surface area (Å²) in [6, 6.07) is 12.4. The van der Waals surface area contributed by atoms with Gasteiger partial charge in [-0.25, -0.2) is 4.98 Å². The first-order chi connectivity index (χ1) is 13.6. The molecule has 0 amide bonds. The van der Waals surface area contributed by atoms with Crippen LogP contribution in [0.3, 0.4) is 0 Å². The van der Waals surface area contributed by atoms with Crippen LogP contribution in [0.25, 0.3) is 22.7 Å². The number of likely N-dealkylation sites (tertiary alicyclic amines) is 1. The average Bonchev–Trinajstić information content (AvgIpc) is 3.31. The number of aromatic nitrogens is 3. The number of hydrogen-bond acceptors (Lipinski definition) is 6. The summed E-state index contributed by atoms with van der Waals surface area (Å²) in [5.74, 6) is 2.09. The third-order valence-corrected chi connectivity index (χ3v) is 5.50. The SMILES string of the molecule is COc1ccc(-c2ccc(-c3nc(CCN4CCCC4C)c(C)o3)cc2)nn1. The summed E-state index contributed by atoms with van der Waals surface area (Å²) < 4.78 is 11.0. The Hall–Kier alpha value is -2.73. The van der Waals surface area contributed by atoms with Gasteiger partial charge in [0, 0.05) is 36.2 Å². The van der Waals surface area contributed by atoms with Crippen molar-refractivity contribution in [2.24, 2.45) is 0 Å². The molecule has 1 saturated heterocycles. The lowest BCUT2D eigenvalue weighted by atomic mass is 10.1. The molecule has 3 heterocycles. The van der Waals surface area contributed by atoms with Gasteiger partial charge in [0.25, 0.3) is 0 Å². The molecule has 146 valence electrons. The van der Waals surface area contributed by atoms with Gasteiger partial charge in [0.1, 0.15) is 5.76 Å². The first-order valence-corrected chi connectivity index (χ1v) is 9.83. The zero-order valence-electron chi connectivity index (χ0n) is 16.7. The van der Waals surface area contributed by atoms with E-state index in [-0.39, 0.29) is 0 Å². The minimum absolute atomic E-state index is 0.506. The highest BCUT2D eigenvalue weighted by molar-refractivity contribution is 5.64. The number of ether oxygens (including phenoxy) is 1. The van der Waals surface area contributed by atoms with E-state index in [1.807, 2.05) is 37.3 Å². The number of benzene rings is 1. The molecular weight excluding hydrogens is 352 g/mol. The van der Waals surface area contributed by atoms with E-state index in [0.717, 1.165) is 41.2 Å². The lowest BCUT2D eigenvalue weighted by Crippen LogP contribution is -2.29. The Balaban J connectivity index is 1.46. The average molecular weight is 378 g/mol. The summed E-state index contributed by atoms with van der Waals surface area (Å²) in [6.45, 7) is 6.55. The molecule has 1 unspecified atom stereocenters. The van der Waals surface area contributed by atoms with Crippen LogP contribution in [0.1, 0.15) is 31.2 Å². The smallest absolute Gasteiger partial charge is 0.233 e. The fourth-order valence-electron chi connectivity index (χ4n) is 3.72. The van der Waals surface area contributed by atoms with Crippen molar-refractivity contribution in [3.05, 3.63) is 47.9 Å². The number of methoxy groups -OCH3 is 1. The predicted molar refractivity (Wildman–Crippen MR) is 108 cm³/mol. The van der Waals surface area contributed by atoms with Crippen LogP contribution in [0.4, 0.5) is 0 Å². The highest BCUT2D eigenvalue weighted by Crippen LogP contribution is 2.26. The molecule has 0 bridgehead atoms. The van der Waals surface area contributed by atoms with E-state index in [2.05, 4.69) is 22.0 Å². The highest BCUT2D eigenvalue weighted by atomic mass is 16.5. The molecular formula is C22H26N4O2. The van der Waals surface area contributed by atoms with Gasteiger partial charge in [-0.05, 0) is 51.4 Å². The third kappa shape index (κ3) is 3.92. The van der Waals surface area contributed by atoms with Crippen LogP contribution in [0, 0.1) is 6.92 Å². The Labute approximate surface area is 165 Å². The second kappa shape index (κ2) is 8.10. The molecule has 0 aliphatic carbocycles. The van der Waals surface area contributed by atoms with Crippen LogP contribution in [0.5, 0.6) is 5.88 Å². The largest absolute Gasteiger partial charge is 0.480 e. The number of nitrogens with zero attached hydrogens (tertiary/aromatic N) is 4. The standard InChI is InChI=1S/C22H26N4O2/c1-15-5-4-13-26(15)14-12-19-16(2)28-22(23-19)18-8-6-17(7-9-18)20-10-11-21(27-3)25-24-20/h6-11,15H,4-5,12-14H2,1-3H3. The Bertz CT molecular complexity index is 919. The van der Waals surface area contributed by atoms with E-state index >= 15 is 0 Å². The van der Waals surface area contributed by atoms with Crippen molar-refractivity contribution in [3.63, 3.8) is 0 Å². The lowest BCUT2D eigenvalue weighted by Gasteiger charge is -2.20. The lowest BCUT2D eigenvalue weighted by molar-refractivity contribution is 0.271. The van der Waals surface area contributed by atoms with E-state index in [1.165, 1.54) is 19.4 Å². The second-order valence-corrected chi connectivity index (χ2v) is 7.34. The molecule has 28 heavy (non-hydrogen) atoms. The topological polar surface area (TPSA) is 64.3 Å². The van der Waals surface area contributed by atoms with Gasteiger partial charge >= 0.3 is 0 Å². The minimum atomic E-state index is 0.506. The number of rotatable bonds is 6. The maximum Gasteiger partial charge on any atom is 0.233 e. The summed E-state index contributed by atoms with van der Waals surface area (Å²) in [5.41, 5.74) is 3.81. The fourth-order valence-corrected chi connectivity index (χ4v) is 3.72. The van der Waals surface area contributed by atoms with Gasteiger partial charge in [0.15, 0.2) is 0 Å². The monoisotopic (exact) mass is 378 g/mol. The van der Waals surface area contributed by atoms with Crippen molar-refractivity contribution in [2.45, 2.75) is 39.2 Å². The Morgan fingerprint density at radius 2 is 1.89 bits per heavy atom. The highest BCUT2D eigenvalue weighted by Gasteiger charge is 2.21. The first kappa shape index (κ1) is 18.6. The molecule has 3 aromatic rings. The normalized spacial score (nSPS) is 17.2. The molecule has 1 aliphatic heterocycles. The summed E-state index contributed by atoms with van der Waals surface area (Å²) in [5, 5.41) is 8.21. The van der Waals surface area contributed by atoms with Crippen LogP contribution in [0.2, 0.25) is 0 Å². The van der Waals surface area contributed by atoms with Crippen LogP contribution in [-0.4, -0.2) is 46.3 Å². The molecule has 6 nitrogen and oxygen atoms in total. The van der Waals surface area contributed by atoms with E-state index in [9.17, 15) is 0 Å². The van der Waals surface area contributed by atoms with Crippen LogP contribution >= 0.6 is 0 Å². The van der Waals surface area contributed by atoms with Gasteiger partial charge in [-0.15, -0.1) is 10.2 Å². The molecule has 2 aromatic heterocycles. The zero-order valence-corrected chi connectivity index (χ0v) is 16.7. The van der Waals surface area contributed by atoms with Gasteiger partial charge in [-0.1, -0.05) is 12.1 Å². The van der Waals surface area contributed by atoms with E-state index in [4.69, 9.17) is 14.1 Å². The van der Waals surface area contributed by atoms with Crippen molar-refractivity contribution in [2.75, 3.05) is 20.2 Å². The molecule has 6 heteroatoms. The van der Waals surface area contributed by atoms with Crippen LogP contribution in [-0.2, 0) is 6.42 Å². The molecule has 0 N–H and O–H groups in total. The van der Waals surface area contributed by atoms with Gasteiger partial charge in [-0.3, -0.25) is 0 Å². The molecule has 1 aliphatic rings. The number of hydrogen-bond donors (Lipinski definition) is 0. The quantitative estimate of drug-likeness (QED) is 0.642. The molecule has 1 fully saturated rings. The summed E-state index contributed by atoms with van der Waals surface area (Å²) in [7, 11) is 1.58. The molecule has 1 aromatic carbocycles. The first-order valence-electron chi connectivity index (χ1n) is 9.83. The Morgan fingerprint density at radius 1 is 1.11 bits per heavy atom. The maximum absolute atomic E-state index is 5.94. The zero-order chi connectivity index (χ0) is 19.5. The Morgan fingerprint density at radius 3 is 2.54 bits per heavy atom. The van der Waals surface area contributed by atoms with Gasteiger partial charge in [0.2, 0.25) is 11.8 Å². The van der Waals surface area contributed by atoms with Crippen molar-refractivity contribution in [1.29, 1.82) is 0 Å². The van der Waals surface area contributed by atoms with Crippen molar-refractivity contribution >= 4 is 0 Å². The fraction of sp³-hybridized carbons (Fsp3) is 0.409. The van der Waals surface area contributed by atoms with Gasteiger partial charge in [0.05, 0.1) is 18.5 Å². The summed E-state index contributed by atoms with van der Waals surface area (Å²) in [6.07, 6.45) is 3.53. The Kier molecular flexibility index (Phi) is 5.39.